The first kappa shape index (κ1) is 15.1. The van der Waals surface area contributed by atoms with Crippen molar-refractivity contribution in [3.8, 4) is 5.75 Å². The summed E-state index contributed by atoms with van der Waals surface area (Å²) in [5.74, 6) is 0.313. The van der Waals surface area contributed by atoms with E-state index in [1.54, 1.807) is 0 Å². The van der Waals surface area contributed by atoms with E-state index < -0.39 is 17.5 Å². The first-order valence-electron chi connectivity index (χ1n) is 5.46. The summed E-state index contributed by atoms with van der Waals surface area (Å²) in [6, 6.07) is 4.12. The number of nitrogens with zero attached hydrogens (tertiary/aromatic N) is 1. The van der Waals surface area contributed by atoms with Gasteiger partial charge in [0.1, 0.15) is 11.4 Å². The van der Waals surface area contributed by atoms with Crippen LogP contribution in [-0.2, 0) is 0 Å². The summed E-state index contributed by atoms with van der Waals surface area (Å²) in [4.78, 5) is 10.2. The van der Waals surface area contributed by atoms with Gasteiger partial charge in [-0.05, 0) is 18.6 Å². The van der Waals surface area contributed by atoms with E-state index in [4.69, 9.17) is 4.74 Å². The molecule has 106 valence electrons. The van der Waals surface area contributed by atoms with E-state index in [2.05, 4.69) is 5.32 Å². The predicted molar refractivity (Wildman–Crippen MR) is 63.4 cm³/mol. The molecule has 0 spiro atoms. The van der Waals surface area contributed by atoms with Crippen LogP contribution in [0.2, 0.25) is 0 Å². The summed E-state index contributed by atoms with van der Waals surface area (Å²) in [6.07, 6.45) is -5.29. The van der Waals surface area contributed by atoms with Gasteiger partial charge in [0.2, 0.25) is 0 Å². The van der Waals surface area contributed by atoms with Crippen molar-refractivity contribution >= 4 is 11.4 Å². The second-order valence-corrected chi connectivity index (χ2v) is 3.79. The lowest BCUT2D eigenvalue weighted by Crippen LogP contribution is -2.11. The fraction of sp³-hybridized carbons (Fsp3) is 0.455. The fourth-order valence-electron chi connectivity index (χ4n) is 1.45. The van der Waals surface area contributed by atoms with Gasteiger partial charge in [-0.15, -0.1) is 0 Å². The number of benzene rings is 1. The monoisotopic (exact) mass is 278 g/mol. The van der Waals surface area contributed by atoms with Gasteiger partial charge in [0.15, 0.2) is 0 Å². The molecule has 0 fully saturated rings. The zero-order chi connectivity index (χ0) is 14.5. The van der Waals surface area contributed by atoms with Crippen molar-refractivity contribution in [1.82, 2.24) is 0 Å². The van der Waals surface area contributed by atoms with Gasteiger partial charge in [0.25, 0.3) is 5.69 Å². The third-order valence-electron chi connectivity index (χ3n) is 2.35. The van der Waals surface area contributed by atoms with Crippen molar-refractivity contribution in [2.75, 3.05) is 19.0 Å². The van der Waals surface area contributed by atoms with E-state index in [0.29, 0.717) is 5.75 Å². The van der Waals surface area contributed by atoms with Crippen LogP contribution in [-0.4, -0.2) is 24.8 Å². The molecule has 0 aromatic heterocycles. The maximum absolute atomic E-state index is 11.9. The lowest BCUT2D eigenvalue weighted by Gasteiger charge is -2.09. The minimum atomic E-state index is -4.21. The molecule has 1 N–H and O–H groups in total. The second-order valence-electron chi connectivity index (χ2n) is 3.79. The lowest BCUT2D eigenvalue weighted by atomic mass is 10.2. The molecule has 0 aliphatic carbocycles. The molecule has 1 aromatic carbocycles. The first-order valence-corrected chi connectivity index (χ1v) is 5.46. The van der Waals surface area contributed by atoms with Crippen molar-refractivity contribution in [2.45, 2.75) is 19.0 Å². The first-order chi connectivity index (χ1) is 8.83. The quantitative estimate of drug-likeness (QED) is 0.492. The van der Waals surface area contributed by atoms with Gasteiger partial charge in [-0.3, -0.25) is 10.1 Å². The molecule has 0 atom stereocenters. The maximum atomic E-state index is 11.9. The van der Waals surface area contributed by atoms with Gasteiger partial charge in [0, 0.05) is 13.0 Å². The Kier molecular flexibility index (Phi) is 4.96. The number of halogens is 3. The van der Waals surface area contributed by atoms with Crippen molar-refractivity contribution in [2.24, 2.45) is 0 Å². The number of rotatable bonds is 6. The van der Waals surface area contributed by atoms with Crippen LogP contribution in [0.1, 0.15) is 12.8 Å². The number of ether oxygens (including phenoxy) is 1. The van der Waals surface area contributed by atoms with Crippen molar-refractivity contribution in [1.29, 1.82) is 0 Å². The Balaban J connectivity index is 2.65. The smallest absolute Gasteiger partial charge is 0.389 e. The Bertz CT molecular complexity index is 449. The molecule has 0 bridgehead atoms. The van der Waals surface area contributed by atoms with Gasteiger partial charge in [-0.1, -0.05) is 0 Å². The summed E-state index contributed by atoms with van der Waals surface area (Å²) < 4.78 is 40.7. The Morgan fingerprint density at radius 2 is 2.11 bits per heavy atom. The SMILES string of the molecule is COc1ccc(NCCCC(F)(F)F)c([N+](=O)[O-])c1. The number of nitrogens with one attached hydrogen (secondary N) is 1. The topological polar surface area (TPSA) is 64.4 Å². The highest BCUT2D eigenvalue weighted by Crippen LogP contribution is 2.29. The number of methoxy groups -OCH3 is 1. The zero-order valence-corrected chi connectivity index (χ0v) is 10.2. The van der Waals surface area contributed by atoms with Crippen LogP contribution in [0.5, 0.6) is 5.75 Å². The number of anilines is 1. The molecule has 1 rings (SSSR count). The molecule has 0 aliphatic rings. The number of alkyl halides is 3. The summed E-state index contributed by atoms with van der Waals surface area (Å²) in [5.41, 5.74) is -0.0562. The summed E-state index contributed by atoms with van der Waals surface area (Å²) in [6.45, 7) is 0.00663. The van der Waals surface area contributed by atoms with Crippen LogP contribution < -0.4 is 10.1 Å². The van der Waals surface area contributed by atoms with Gasteiger partial charge >= 0.3 is 6.18 Å². The standard InChI is InChI=1S/C11H13F3N2O3/c1-19-8-3-4-9(10(7-8)16(17)18)15-6-2-5-11(12,13)14/h3-4,7,15H,2,5-6H2,1H3. The molecular weight excluding hydrogens is 265 g/mol. The molecule has 0 heterocycles. The zero-order valence-electron chi connectivity index (χ0n) is 10.2. The highest BCUT2D eigenvalue weighted by molar-refractivity contribution is 5.63. The highest BCUT2D eigenvalue weighted by Gasteiger charge is 2.26. The maximum Gasteiger partial charge on any atom is 0.389 e. The number of hydrogen-bond acceptors (Lipinski definition) is 4. The van der Waals surface area contributed by atoms with Crippen LogP contribution in [0.3, 0.4) is 0 Å². The van der Waals surface area contributed by atoms with Crippen molar-refractivity contribution < 1.29 is 22.8 Å². The van der Waals surface area contributed by atoms with Crippen molar-refractivity contribution in [3.05, 3.63) is 28.3 Å². The van der Waals surface area contributed by atoms with Gasteiger partial charge in [-0.2, -0.15) is 13.2 Å². The van der Waals surface area contributed by atoms with Crippen LogP contribution in [0.4, 0.5) is 24.5 Å². The summed E-state index contributed by atoms with van der Waals surface area (Å²) in [5, 5.41) is 13.4. The molecule has 1 aromatic rings. The molecule has 0 aliphatic heterocycles. The Morgan fingerprint density at radius 3 is 2.63 bits per heavy atom. The molecular formula is C11H13F3N2O3. The lowest BCUT2D eigenvalue weighted by molar-refractivity contribution is -0.384. The Hall–Kier alpha value is -1.99. The Morgan fingerprint density at radius 1 is 1.42 bits per heavy atom. The number of nitro benzene ring substituents is 1. The van der Waals surface area contributed by atoms with E-state index in [-0.39, 0.29) is 24.3 Å². The second kappa shape index (κ2) is 6.26. The molecule has 0 saturated carbocycles. The molecule has 0 unspecified atom stereocenters. The molecule has 0 saturated heterocycles. The summed E-state index contributed by atoms with van der Waals surface area (Å²) >= 11 is 0. The van der Waals surface area contributed by atoms with Crippen LogP contribution in [0.15, 0.2) is 18.2 Å². The minimum Gasteiger partial charge on any atom is -0.496 e. The highest BCUT2D eigenvalue weighted by atomic mass is 19.4. The average molecular weight is 278 g/mol. The van der Waals surface area contributed by atoms with E-state index in [1.807, 2.05) is 0 Å². The number of nitro groups is 1. The normalized spacial score (nSPS) is 11.2. The fourth-order valence-corrected chi connectivity index (χ4v) is 1.45. The van der Waals surface area contributed by atoms with Gasteiger partial charge < -0.3 is 10.1 Å². The molecule has 8 heteroatoms. The van der Waals surface area contributed by atoms with Crippen molar-refractivity contribution in [3.63, 3.8) is 0 Å². The average Bonchev–Trinajstić information content (AvgIpc) is 2.33. The van der Waals surface area contributed by atoms with E-state index in [0.717, 1.165) is 0 Å². The molecule has 19 heavy (non-hydrogen) atoms. The largest absolute Gasteiger partial charge is 0.496 e. The Labute approximate surface area is 107 Å². The third-order valence-corrected chi connectivity index (χ3v) is 2.35. The van der Waals surface area contributed by atoms with Crippen LogP contribution in [0, 0.1) is 10.1 Å². The predicted octanol–water partition coefficient (Wildman–Crippen LogP) is 3.36. The van der Waals surface area contributed by atoms with Crippen LogP contribution >= 0.6 is 0 Å². The summed E-state index contributed by atoms with van der Waals surface area (Å²) in [7, 11) is 1.37. The van der Waals surface area contributed by atoms with E-state index in [9.17, 15) is 23.3 Å². The van der Waals surface area contributed by atoms with Crippen LogP contribution in [0.25, 0.3) is 0 Å². The van der Waals surface area contributed by atoms with Gasteiger partial charge in [-0.25, -0.2) is 0 Å². The van der Waals surface area contributed by atoms with E-state index in [1.165, 1.54) is 25.3 Å². The molecule has 0 amide bonds. The van der Waals surface area contributed by atoms with E-state index >= 15 is 0 Å². The van der Waals surface area contributed by atoms with Gasteiger partial charge in [0.05, 0.1) is 18.1 Å². The molecule has 5 nitrogen and oxygen atoms in total. The third kappa shape index (κ3) is 5.02. The number of hydrogen-bond donors (Lipinski definition) is 1. The molecule has 0 radical (unpaired) electrons. The minimum absolute atomic E-state index is 0.00663.